The maximum atomic E-state index is 14.9. The minimum absolute atomic E-state index is 0.00913. The lowest BCUT2D eigenvalue weighted by Gasteiger charge is -2.47. The number of nitrogens with zero attached hydrogens (tertiary/aromatic N) is 3. The number of fused-ring (bicyclic) bond motifs is 2. The van der Waals surface area contributed by atoms with Gasteiger partial charge in [-0.15, -0.1) is 0 Å². The molecular weight excluding hydrogens is 474 g/mol. The first-order chi connectivity index (χ1) is 17.5. The Morgan fingerprint density at radius 2 is 1.86 bits per heavy atom. The van der Waals surface area contributed by atoms with Gasteiger partial charge in [-0.05, 0) is 86.5 Å². The van der Waals surface area contributed by atoms with Crippen LogP contribution >= 0.6 is 0 Å². The van der Waals surface area contributed by atoms with Crippen molar-refractivity contribution >= 4 is 22.8 Å². The van der Waals surface area contributed by atoms with Gasteiger partial charge in [0.2, 0.25) is 5.43 Å². The quantitative estimate of drug-likeness (QED) is 0.537. The zero-order chi connectivity index (χ0) is 26.3. The van der Waals surface area contributed by atoms with E-state index in [1.807, 2.05) is 14.1 Å². The molecule has 3 aliphatic rings. The molecule has 2 aromatic heterocycles. The summed E-state index contributed by atoms with van der Waals surface area (Å²) in [7, 11) is 3.61. The third kappa shape index (κ3) is 3.92. The van der Waals surface area contributed by atoms with Gasteiger partial charge in [0.1, 0.15) is 23.0 Å². The number of anilines is 1. The molecule has 1 amide bonds. The van der Waals surface area contributed by atoms with Gasteiger partial charge in [0.25, 0.3) is 5.91 Å². The number of nitrogens with one attached hydrogen (secondary N) is 1. The highest BCUT2D eigenvalue weighted by Crippen LogP contribution is 2.64. The predicted octanol–water partition coefficient (Wildman–Crippen LogP) is 5.06. The van der Waals surface area contributed by atoms with Crippen LogP contribution < -0.4 is 15.6 Å². The van der Waals surface area contributed by atoms with Crippen molar-refractivity contribution in [3.8, 4) is 5.69 Å². The summed E-state index contributed by atoms with van der Waals surface area (Å²) in [5.74, 6) is 0.748. The first-order valence-electron chi connectivity index (χ1n) is 13.0. The fourth-order valence-corrected chi connectivity index (χ4v) is 7.65. The van der Waals surface area contributed by atoms with Crippen LogP contribution in [0, 0.1) is 34.8 Å². The molecule has 6 rings (SSSR count). The van der Waals surface area contributed by atoms with E-state index < -0.39 is 28.5 Å². The van der Waals surface area contributed by atoms with Crippen molar-refractivity contribution in [1.29, 1.82) is 0 Å². The maximum Gasteiger partial charge on any atom is 0.257 e. The van der Waals surface area contributed by atoms with Gasteiger partial charge in [-0.2, -0.15) is 0 Å². The Hall–Kier alpha value is -3.29. The first-order valence-corrected chi connectivity index (χ1v) is 13.0. The van der Waals surface area contributed by atoms with Crippen LogP contribution in [-0.2, 0) is 0 Å². The van der Waals surface area contributed by atoms with Crippen LogP contribution in [0.5, 0.6) is 0 Å². The smallest absolute Gasteiger partial charge is 0.257 e. The standard InChI is InChI=1S/C29H32F2N4O2/c1-28-11-16-9-17(20(16)13-28)12-29(2,15-28)33-27(37)21-14-35(23-7-5-18(30)10-22(23)31)26-19(25(21)36)6-8-24(32-26)34(3)4/h5-8,10,14,16-17,20H,9,11-13,15H2,1-4H3,(H,33,37)/t16?,17?,20?,28-,29?/m0/s1. The van der Waals surface area contributed by atoms with E-state index in [0.717, 1.165) is 36.8 Å². The normalized spacial score (nSPS) is 30.1. The third-order valence-corrected chi connectivity index (χ3v) is 8.95. The minimum atomic E-state index is -0.812. The molecule has 3 saturated carbocycles. The van der Waals surface area contributed by atoms with Gasteiger partial charge < -0.3 is 10.2 Å². The molecule has 3 aliphatic carbocycles. The zero-order valence-corrected chi connectivity index (χ0v) is 21.6. The Labute approximate surface area is 214 Å². The Balaban J connectivity index is 1.45. The zero-order valence-electron chi connectivity index (χ0n) is 21.6. The number of hydrogen-bond acceptors (Lipinski definition) is 4. The van der Waals surface area contributed by atoms with Crippen LogP contribution in [0.2, 0.25) is 0 Å². The van der Waals surface area contributed by atoms with E-state index in [2.05, 4.69) is 24.1 Å². The van der Waals surface area contributed by atoms with Crippen LogP contribution in [0.4, 0.5) is 14.6 Å². The lowest BCUT2D eigenvalue weighted by molar-refractivity contribution is 0.0514. The number of benzene rings is 1. The summed E-state index contributed by atoms with van der Waals surface area (Å²) in [6.45, 7) is 4.42. The van der Waals surface area contributed by atoms with E-state index in [1.165, 1.54) is 36.1 Å². The van der Waals surface area contributed by atoms with Crippen molar-refractivity contribution in [2.75, 3.05) is 19.0 Å². The number of amides is 1. The number of carbonyl (C=O) groups excluding carboxylic acids is 1. The maximum absolute atomic E-state index is 14.9. The summed E-state index contributed by atoms with van der Waals surface area (Å²) in [5.41, 5.74) is -0.577. The molecule has 194 valence electrons. The summed E-state index contributed by atoms with van der Waals surface area (Å²) < 4.78 is 30.0. The Morgan fingerprint density at radius 1 is 1.11 bits per heavy atom. The Morgan fingerprint density at radius 3 is 2.59 bits per heavy atom. The van der Waals surface area contributed by atoms with E-state index in [4.69, 9.17) is 0 Å². The van der Waals surface area contributed by atoms with Crippen molar-refractivity contribution in [2.45, 2.75) is 51.5 Å². The highest BCUT2D eigenvalue weighted by atomic mass is 19.1. The molecule has 5 atom stereocenters. The fourth-order valence-electron chi connectivity index (χ4n) is 7.65. The average molecular weight is 507 g/mol. The van der Waals surface area contributed by atoms with Gasteiger partial charge in [-0.3, -0.25) is 14.2 Å². The van der Waals surface area contributed by atoms with E-state index in [9.17, 15) is 18.4 Å². The molecule has 2 bridgehead atoms. The highest BCUT2D eigenvalue weighted by molar-refractivity contribution is 5.97. The molecule has 0 radical (unpaired) electrons. The van der Waals surface area contributed by atoms with Crippen LogP contribution in [0.3, 0.4) is 0 Å². The summed E-state index contributed by atoms with van der Waals surface area (Å²) in [5, 5.41) is 3.41. The van der Waals surface area contributed by atoms with Crippen LogP contribution in [0.25, 0.3) is 16.7 Å². The van der Waals surface area contributed by atoms with Gasteiger partial charge in [-0.25, -0.2) is 13.8 Å². The lowest BCUT2D eigenvalue weighted by Crippen LogP contribution is -2.52. The molecule has 0 aliphatic heterocycles. The summed E-state index contributed by atoms with van der Waals surface area (Å²) in [6, 6.07) is 6.51. The lowest BCUT2D eigenvalue weighted by atomic mass is 9.61. The van der Waals surface area contributed by atoms with Gasteiger partial charge in [-0.1, -0.05) is 6.92 Å². The molecular formula is C29H32F2N4O2. The molecule has 2 heterocycles. The molecule has 1 N–H and O–H groups in total. The largest absolute Gasteiger partial charge is 0.363 e. The number of hydrogen-bond donors (Lipinski definition) is 1. The molecule has 3 aromatic rings. The monoisotopic (exact) mass is 506 g/mol. The molecule has 1 aromatic carbocycles. The summed E-state index contributed by atoms with van der Waals surface area (Å²) in [4.78, 5) is 33.6. The average Bonchev–Trinajstić information content (AvgIpc) is 3.02. The first kappa shape index (κ1) is 24.1. The second-order valence-electron chi connectivity index (χ2n) is 12.3. The molecule has 4 unspecified atom stereocenters. The topological polar surface area (TPSA) is 67.2 Å². The second kappa shape index (κ2) is 8.10. The van der Waals surface area contributed by atoms with Gasteiger partial charge in [0.15, 0.2) is 5.65 Å². The molecule has 0 spiro atoms. The Bertz CT molecular complexity index is 1500. The number of carbonyl (C=O) groups is 1. The van der Waals surface area contributed by atoms with Crippen molar-refractivity contribution in [1.82, 2.24) is 14.9 Å². The minimum Gasteiger partial charge on any atom is -0.363 e. The molecule has 3 fully saturated rings. The predicted molar refractivity (Wildman–Crippen MR) is 139 cm³/mol. The van der Waals surface area contributed by atoms with Crippen molar-refractivity contribution in [3.05, 3.63) is 63.9 Å². The van der Waals surface area contributed by atoms with E-state index in [-0.39, 0.29) is 27.7 Å². The van der Waals surface area contributed by atoms with E-state index in [1.54, 1.807) is 17.0 Å². The number of aromatic nitrogens is 2. The molecule has 37 heavy (non-hydrogen) atoms. The van der Waals surface area contributed by atoms with Crippen molar-refractivity contribution in [3.63, 3.8) is 0 Å². The van der Waals surface area contributed by atoms with Gasteiger partial charge >= 0.3 is 0 Å². The van der Waals surface area contributed by atoms with E-state index in [0.29, 0.717) is 11.7 Å². The van der Waals surface area contributed by atoms with Crippen LogP contribution in [0.15, 0.2) is 41.3 Å². The highest BCUT2D eigenvalue weighted by Gasteiger charge is 2.58. The third-order valence-electron chi connectivity index (χ3n) is 8.95. The Kier molecular flexibility index (Phi) is 5.27. The number of halogens is 2. The number of rotatable bonds is 4. The molecule has 0 saturated heterocycles. The van der Waals surface area contributed by atoms with E-state index >= 15 is 0 Å². The summed E-state index contributed by atoms with van der Waals surface area (Å²) in [6.07, 6.45) is 6.75. The fraction of sp³-hybridized carbons (Fsp3) is 0.483. The molecule has 6 nitrogen and oxygen atoms in total. The SMILES string of the molecule is CN(C)c1ccc2c(=O)c(C(=O)NC3(C)CC4CC5C[C@@](C)(CC45)C3)cn(-c3ccc(F)cc3F)c2n1. The number of pyridine rings is 2. The second-order valence-corrected chi connectivity index (χ2v) is 12.3. The van der Waals surface area contributed by atoms with Gasteiger partial charge in [0, 0.05) is 31.9 Å². The molecule has 8 heteroatoms. The van der Waals surface area contributed by atoms with Crippen molar-refractivity contribution in [2.24, 2.45) is 23.2 Å². The van der Waals surface area contributed by atoms with Crippen molar-refractivity contribution < 1.29 is 13.6 Å². The van der Waals surface area contributed by atoms with Crippen LogP contribution in [-0.4, -0.2) is 35.1 Å². The summed E-state index contributed by atoms with van der Waals surface area (Å²) >= 11 is 0. The van der Waals surface area contributed by atoms with Gasteiger partial charge in [0.05, 0.1) is 11.1 Å². The van der Waals surface area contributed by atoms with Crippen LogP contribution in [0.1, 0.15) is 56.3 Å².